The van der Waals surface area contributed by atoms with Gasteiger partial charge in [0.25, 0.3) is 11.5 Å². The molecule has 0 atom stereocenters. The largest absolute Gasteiger partial charge is 0.335 e. The molecule has 1 saturated heterocycles. The lowest BCUT2D eigenvalue weighted by atomic mass is 10.1. The lowest BCUT2D eigenvalue weighted by Crippen LogP contribution is -2.49. The van der Waals surface area contributed by atoms with Crippen molar-refractivity contribution < 1.29 is 4.79 Å². The summed E-state index contributed by atoms with van der Waals surface area (Å²) in [6.07, 6.45) is 2.54. The van der Waals surface area contributed by atoms with Crippen molar-refractivity contribution in [3.05, 3.63) is 63.0 Å². The zero-order valence-corrected chi connectivity index (χ0v) is 17.0. The Labute approximate surface area is 168 Å². The van der Waals surface area contributed by atoms with Gasteiger partial charge in [0.15, 0.2) is 0 Å². The van der Waals surface area contributed by atoms with E-state index in [0.717, 1.165) is 31.6 Å². The quantitative estimate of drug-likeness (QED) is 0.679. The summed E-state index contributed by atoms with van der Waals surface area (Å²) >= 11 is 1.33. The van der Waals surface area contributed by atoms with Crippen LogP contribution in [0.15, 0.2) is 41.5 Å². The molecule has 0 saturated carbocycles. The van der Waals surface area contributed by atoms with E-state index in [1.54, 1.807) is 7.05 Å². The molecule has 0 N–H and O–H groups in total. The van der Waals surface area contributed by atoms with Crippen LogP contribution in [0.1, 0.15) is 20.8 Å². The van der Waals surface area contributed by atoms with Crippen molar-refractivity contribution in [3.8, 4) is 0 Å². The monoisotopic (exact) mass is 396 g/mol. The summed E-state index contributed by atoms with van der Waals surface area (Å²) in [6, 6.07) is 10.5. The molecule has 1 aliphatic heterocycles. The second-order valence-corrected chi connectivity index (χ2v) is 8.27. The van der Waals surface area contributed by atoms with Gasteiger partial charge in [0, 0.05) is 39.8 Å². The van der Waals surface area contributed by atoms with Crippen molar-refractivity contribution in [2.45, 2.75) is 13.3 Å². The van der Waals surface area contributed by atoms with Crippen molar-refractivity contribution >= 4 is 27.5 Å². The zero-order valence-electron chi connectivity index (χ0n) is 16.2. The second kappa shape index (κ2) is 7.85. The van der Waals surface area contributed by atoms with Gasteiger partial charge < -0.3 is 9.47 Å². The molecule has 1 aromatic carbocycles. The number of piperazine rings is 1. The van der Waals surface area contributed by atoms with Crippen molar-refractivity contribution in [2.24, 2.45) is 7.05 Å². The fraction of sp³-hybridized carbons (Fsp3) is 0.381. The lowest BCUT2D eigenvalue weighted by Gasteiger charge is -2.34. The first kappa shape index (κ1) is 18.8. The van der Waals surface area contributed by atoms with Gasteiger partial charge in [0.1, 0.15) is 4.83 Å². The molecule has 2 aromatic heterocycles. The van der Waals surface area contributed by atoms with E-state index in [1.807, 2.05) is 17.9 Å². The van der Waals surface area contributed by atoms with E-state index in [1.165, 1.54) is 27.8 Å². The van der Waals surface area contributed by atoms with E-state index in [2.05, 4.69) is 34.1 Å². The second-order valence-electron chi connectivity index (χ2n) is 7.27. The highest BCUT2D eigenvalue weighted by Gasteiger charge is 2.26. The van der Waals surface area contributed by atoms with Crippen LogP contribution in [0.3, 0.4) is 0 Å². The van der Waals surface area contributed by atoms with Gasteiger partial charge in [-0.15, -0.1) is 11.3 Å². The number of hydrogen-bond acceptors (Lipinski definition) is 5. The van der Waals surface area contributed by atoms with Gasteiger partial charge in [-0.1, -0.05) is 30.3 Å². The topological polar surface area (TPSA) is 58.4 Å². The number of fused-ring (bicyclic) bond motifs is 1. The van der Waals surface area contributed by atoms with Crippen LogP contribution in [0.2, 0.25) is 0 Å². The van der Waals surface area contributed by atoms with Crippen LogP contribution in [0, 0.1) is 6.92 Å². The Bertz CT molecular complexity index is 1050. The van der Waals surface area contributed by atoms with Crippen LogP contribution in [-0.4, -0.2) is 58.0 Å². The highest BCUT2D eigenvalue weighted by molar-refractivity contribution is 7.20. The molecule has 0 aliphatic carbocycles. The highest BCUT2D eigenvalue weighted by atomic mass is 32.1. The molecule has 28 heavy (non-hydrogen) atoms. The predicted octanol–water partition coefficient (Wildman–Crippen LogP) is 2.30. The third kappa shape index (κ3) is 3.59. The molecule has 1 amide bonds. The molecule has 4 rings (SSSR count). The number of nitrogens with zero attached hydrogens (tertiary/aromatic N) is 4. The van der Waals surface area contributed by atoms with Crippen molar-refractivity contribution in [1.29, 1.82) is 0 Å². The molecule has 0 spiro atoms. The van der Waals surface area contributed by atoms with E-state index in [0.29, 0.717) is 28.2 Å². The van der Waals surface area contributed by atoms with Crippen LogP contribution in [0.25, 0.3) is 10.2 Å². The first-order chi connectivity index (χ1) is 13.5. The summed E-state index contributed by atoms with van der Waals surface area (Å²) in [7, 11) is 1.68. The molecule has 146 valence electrons. The average Bonchev–Trinajstić information content (AvgIpc) is 3.07. The Hall–Kier alpha value is -2.51. The van der Waals surface area contributed by atoms with E-state index in [4.69, 9.17) is 0 Å². The Morgan fingerprint density at radius 2 is 1.86 bits per heavy atom. The average molecular weight is 397 g/mol. The van der Waals surface area contributed by atoms with Crippen LogP contribution in [0.5, 0.6) is 0 Å². The van der Waals surface area contributed by atoms with Crippen LogP contribution < -0.4 is 5.56 Å². The smallest absolute Gasteiger partial charge is 0.264 e. The number of rotatable bonds is 4. The molecule has 1 fully saturated rings. The summed E-state index contributed by atoms with van der Waals surface area (Å²) in [4.78, 5) is 35.4. The molecular weight excluding hydrogens is 372 g/mol. The maximum Gasteiger partial charge on any atom is 0.264 e. The number of amides is 1. The number of hydrogen-bond donors (Lipinski definition) is 0. The van der Waals surface area contributed by atoms with E-state index >= 15 is 0 Å². The molecule has 3 heterocycles. The van der Waals surface area contributed by atoms with Gasteiger partial charge in [-0.25, -0.2) is 4.98 Å². The van der Waals surface area contributed by atoms with E-state index in [-0.39, 0.29) is 11.5 Å². The standard InChI is InChI=1S/C21H24N4O2S/c1-15-17-19(22-14-23(2)20(17)26)28-18(15)21(27)25-12-10-24(11-13-25)9-8-16-6-4-3-5-7-16/h3-7,14H,8-13H2,1-2H3. The highest BCUT2D eigenvalue weighted by Crippen LogP contribution is 2.28. The molecule has 0 unspecified atom stereocenters. The minimum absolute atomic E-state index is 0.0188. The maximum absolute atomic E-state index is 13.1. The fourth-order valence-corrected chi connectivity index (χ4v) is 4.77. The summed E-state index contributed by atoms with van der Waals surface area (Å²) < 4.78 is 1.46. The Morgan fingerprint density at radius 1 is 1.14 bits per heavy atom. The van der Waals surface area contributed by atoms with Gasteiger partial charge in [-0.05, 0) is 24.5 Å². The lowest BCUT2D eigenvalue weighted by molar-refractivity contribution is 0.0643. The van der Waals surface area contributed by atoms with Crippen molar-refractivity contribution in [1.82, 2.24) is 19.4 Å². The fourth-order valence-electron chi connectivity index (χ4n) is 3.66. The maximum atomic E-state index is 13.1. The number of carbonyl (C=O) groups excluding carboxylic acids is 1. The predicted molar refractivity (Wildman–Crippen MR) is 112 cm³/mol. The van der Waals surface area contributed by atoms with Crippen LogP contribution in [-0.2, 0) is 13.5 Å². The number of aromatic nitrogens is 2. The van der Waals surface area contributed by atoms with Crippen molar-refractivity contribution in [3.63, 3.8) is 0 Å². The Morgan fingerprint density at radius 3 is 2.57 bits per heavy atom. The minimum Gasteiger partial charge on any atom is -0.335 e. The SMILES string of the molecule is Cc1c(C(=O)N2CCN(CCc3ccccc3)CC2)sc2ncn(C)c(=O)c12. The normalized spacial score (nSPS) is 15.3. The molecule has 0 bridgehead atoms. The van der Waals surface area contributed by atoms with Crippen molar-refractivity contribution in [2.75, 3.05) is 32.7 Å². The third-order valence-corrected chi connectivity index (χ3v) is 6.61. The molecule has 7 heteroatoms. The third-order valence-electron chi connectivity index (χ3n) is 5.42. The van der Waals surface area contributed by atoms with Gasteiger partial charge in [0.2, 0.25) is 0 Å². The molecule has 1 aliphatic rings. The summed E-state index contributed by atoms with van der Waals surface area (Å²) in [5, 5.41) is 0.569. The number of aryl methyl sites for hydroxylation is 2. The molecule has 6 nitrogen and oxygen atoms in total. The van der Waals surface area contributed by atoms with Gasteiger partial charge in [-0.2, -0.15) is 0 Å². The zero-order chi connectivity index (χ0) is 19.7. The van der Waals surface area contributed by atoms with Gasteiger partial charge in [0.05, 0.1) is 16.6 Å². The van der Waals surface area contributed by atoms with E-state index in [9.17, 15) is 9.59 Å². The summed E-state index contributed by atoms with van der Waals surface area (Å²) in [5.41, 5.74) is 2.00. The molecular formula is C21H24N4O2S. The van der Waals surface area contributed by atoms with E-state index < -0.39 is 0 Å². The minimum atomic E-state index is -0.0940. The number of benzene rings is 1. The van der Waals surface area contributed by atoms with Crippen LogP contribution >= 0.6 is 11.3 Å². The number of thiophene rings is 1. The molecule has 0 radical (unpaired) electrons. The number of carbonyl (C=O) groups is 1. The summed E-state index contributed by atoms with van der Waals surface area (Å²) in [5.74, 6) is 0.0188. The Balaban J connectivity index is 1.42. The first-order valence-electron chi connectivity index (χ1n) is 9.55. The van der Waals surface area contributed by atoms with Gasteiger partial charge in [-0.3, -0.25) is 14.5 Å². The van der Waals surface area contributed by atoms with Crippen LogP contribution in [0.4, 0.5) is 0 Å². The van der Waals surface area contributed by atoms with Gasteiger partial charge >= 0.3 is 0 Å². The first-order valence-corrected chi connectivity index (χ1v) is 10.4. The molecule has 3 aromatic rings. The summed E-state index contributed by atoms with van der Waals surface area (Å²) in [6.45, 7) is 6.05. The Kier molecular flexibility index (Phi) is 5.28.